The van der Waals surface area contributed by atoms with Gasteiger partial charge >= 0.3 is 0 Å². The Morgan fingerprint density at radius 2 is 2.25 bits per heavy atom. The second-order valence-corrected chi connectivity index (χ2v) is 3.35. The molecule has 5 heteroatoms. The summed E-state index contributed by atoms with van der Waals surface area (Å²) in [5.74, 6) is -0.128. The number of methoxy groups -OCH3 is 1. The van der Waals surface area contributed by atoms with Crippen LogP contribution in [-0.4, -0.2) is 12.3 Å². The van der Waals surface area contributed by atoms with Crippen LogP contribution in [0.25, 0.3) is 11.3 Å². The lowest BCUT2D eigenvalue weighted by Gasteiger charge is -2.03. The van der Waals surface area contributed by atoms with E-state index in [9.17, 15) is 4.39 Å². The van der Waals surface area contributed by atoms with Gasteiger partial charge in [0.15, 0.2) is 0 Å². The first-order chi connectivity index (χ1) is 7.70. The highest BCUT2D eigenvalue weighted by Gasteiger charge is 2.08. The first-order valence-corrected chi connectivity index (χ1v) is 4.70. The zero-order valence-corrected chi connectivity index (χ0v) is 8.74. The summed E-state index contributed by atoms with van der Waals surface area (Å²) in [6.07, 6.45) is 0. The lowest BCUT2D eigenvalue weighted by atomic mass is 10.1. The molecule has 1 aromatic carbocycles. The van der Waals surface area contributed by atoms with E-state index in [0.717, 1.165) is 0 Å². The molecule has 0 atom stereocenters. The number of nitrogen functional groups attached to an aromatic ring is 1. The molecule has 16 heavy (non-hydrogen) atoms. The molecule has 2 aromatic rings. The van der Waals surface area contributed by atoms with Crippen molar-refractivity contribution < 1.29 is 13.7 Å². The Hall–Kier alpha value is -1.88. The van der Waals surface area contributed by atoms with Crippen LogP contribution in [0.4, 0.5) is 10.3 Å². The van der Waals surface area contributed by atoms with Crippen molar-refractivity contribution in [2.24, 2.45) is 0 Å². The van der Waals surface area contributed by atoms with Crippen LogP contribution in [0.15, 0.2) is 28.8 Å². The van der Waals surface area contributed by atoms with E-state index in [1.807, 2.05) is 0 Å². The molecular weight excluding hydrogens is 211 g/mol. The van der Waals surface area contributed by atoms with Gasteiger partial charge in [-0.2, -0.15) is 0 Å². The highest BCUT2D eigenvalue weighted by atomic mass is 19.1. The monoisotopic (exact) mass is 222 g/mol. The molecule has 0 amide bonds. The maximum absolute atomic E-state index is 13.6. The lowest BCUT2D eigenvalue weighted by Crippen LogP contribution is -1.93. The molecule has 4 nitrogen and oxygen atoms in total. The SMILES string of the molecule is COCc1ccc(-c2cc(N)on2)cc1F. The van der Waals surface area contributed by atoms with E-state index in [2.05, 4.69) is 5.16 Å². The van der Waals surface area contributed by atoms with E-state index in [-0.39, 0.29) is 18.3 Å². The number of ether oxygens (including phenoxy) is 1. The van der Waals surface area contributed by atoms with Crippen molar-refractivity contribution in [3.05, 3.63) is 35.6 Å². The van der Waals surface area contributed by atoms with Gasteiger partial charge < -0.3 is 15.0 Å². The minimum Gasteiger partial charge on any atom is -0.380 e. The molecule has 84 valence electrons. The number of benzene rings is 1. The van der Waals surface area contributed by atoms with Crippen molar-refractivity contribution in [3.63, 3.8) is 0 Å². The van der Waals surface area contributed by atoms with Crippen molar-refractivity contribution in [1.82, 2.24) is 5.16 Å². The van der Waals surface area contributed by atoms with Crippen LogP contribution in [-0.2, 0) is 11.3 Å². The van der Waals surface area contributed by atoms with Crippen molar-refractivity contribution >= 4 is 5.88 Å². The fourth-order valence-electron chi connectivity index (χ4n) is 1.40. The Morgan fingerprint density at radius 1 is 1.44 bits per heavy atom. The predicted octanol–water partition coefficient (Wildman–Crippen LogP) is 2.21. The van der Waals surface area contributed by atoms with Crippen LogP contribution in [0.2, 0.25) is 0 Å². The number of rotatable bonds is 3. The Balaban J connectivity index is 2.34. The highest BCUT2D eigenvalue weighted by molar-refractivity contribution is 5.61. The standard InChI is InChI=1S/C11H11FN2O2/c1-15-6-8-3-2-7(4-9(8)12)10-5-11(13)16-14-10/h2-5H,6,13H2,1H3. The van der Waals surface area contributed by atoms with Crippen LogP contribution in [0, 0.1) is 5.82 Å². The molecule has 2 rings (SSSR count). The fraction of sp³-hybridized carbons (Fsp3) is 0.182. The van der Waals surface area contributed by atoms with Crippen LogP contribution < -0.4 is 5.73 Å². The Kier molecular flexibility index (Phi) is 2.87. The van der Waals surface area contributed by atoms with Gasteiger partial charge in [0.25, 0.3) is 0 Å². The summed E-state index contributed by atoms with van der Waals surface area (Å²) in [4.78, 5) is 0. The molecule has 0 saturated carbocycles. The summed E-state index contributed by atoms with van der Waals surface area (Å²) >= 11 is 0. The van der Waals surface area contributed by atoms with Gasteiger partial charge in [-0.25, -0.2) is 4.39 Å². The Labute approximate surface area is 91.8 Å². The fourth-order valence-corrected chi connectivity index (χ4v) is 1.40. The third-order valence-corrected chi connectivity index (χ3v) is 2.18. The molecular formula is C11H11FN2O2. The first-order valence-electron chi connectivity index (χ1n) is 4.70. The van der Waals surface area contributed by atoms with E-state index in [1.165, 1.54) is 13.2 Å². The molecule has 2 N–H and O–H groups in total. The van der Waals surface area contributed by atoms with Crippen LogP contribution in [0.5, 0.6) is 0 Å². The second-order valence-electron chi connectivity index (χ2n) is 3.35. The summed E-state index contributed by atoms with van der Waals surface area (Å²) in [6, 6.07) is 6.32. The van der Waals surface area contributed by atoms with E-state index in [0.29, 0.717) is 16.8 Å². The predicted molar refractivity (Wildman–Crippen MR) is 57.0 cm³/mol. The van der Waals surface area contributed by atoms with Gasteiger partial charge in [-0.3, -0.25) is 0 Å². The molecule has 0 aliphatic heterocycles. The summed E-state index contributed by atoms with van der Waals surface area (Å²) in [7, 11) is 1.52. The van der Waals surface area contributed by atoms with Crippen LogP contribution >= 0.6 is 0 Å². The molecule has 0 fully saturated rings. The maximum atomic E-state index is 13.6. The van der Waals surface area contributed by atoms with Crippen LogP contribution in [0.1, 0.15) is 5.56 Å². The molecule has 0 bridgehead atoms. The Morgan fingerprint density at radius 3 is 2.81 bits per heavy atom. The van der Waals surface area contributed by atoms with Gasteiger partial charge in [0.05, 0.1) is 6.61 Å². The van der Waals surface area contributed by atoms with Gasteiger partial charge in [-0.1, -0.05) is 17.3 Å². The molecule has 0 spiro atoms. The second kappa shape index (κ2) is 4.32. The number of nitrogens with two attached hydrogens (primary N) is 1. The minimum absolute atomic E-state index is 0.205. The molecule has 0 unspecified atom stereocenters. The maximum Gasteiger partial charge on any atom is 0.222 e. The number of hydrogen-bond acceptors (Lipinski definition) is 4. The summed E-state index contributed by atoms with van der Waals surface area (Å²) in [6.45, 7) is 0.243. The van der Waals surface area contributed by atoms with Gasteiger partial charge in [0.2, 0.25) is 5.88 Å². The molecule has 0 aliphatic carbocycles. The number of hydrogen-bond donors (Lipinski definition) is 1. The smallest absolute Gasteiger partial charge is 0.222 e. The largest absolute Gasteiger partial charge is 0.380 e. The van der Waals surface area contributed by atoms with Gasteiger partial charge in [-0.05, 0) is 6.07 Å². The summed E-state index contributed by atoms with van der Waals surface area (Å²) in [5.41, 5.74) is 7.03. The Bertz CT molecular complexity index is 496. The molecule has 1 heterocycles. The summed E-state index contributed by atoms with van der Waals surface area (Å²) in [5, 5.41) is 3.70. The van der Waals surface area contributed by atoms with Gasteiger partial charge in [0.1, 0.15) is 11.5 Å². The number of aromatic nitrogens is 1. The average Bonchev–Trinajstić information content (AvgIpc) is 2.68. The number of anilines is 1. The molecule has 0 radical (unpaired) electrons. The zero-order valence-electron chi connectivity index (χ0n) is 8.74. The number of halogens is 1. The number of nitrogens with zero attached hydrogens (tertiary/aromatic N) is 1. The average molecular weight is 222 g/mol. The third kappa shape index (κ3) is 2.04. The minimum atomic E-state index is -0.332. The van der Waals surface area contributed by atoms with E-state index >= 15 is 0 Å². The van der Waals surface area contributed by atoms with Gasteiger partial charge in [0, 0.05) is 24.3 Å². The summed E-state index contributed by atoms with van der Waals surface area (Å²) < 4.78 is 23.1. The van der Waals surface area contributed by atoms with Crippen molar-refractivity contribution in [2.45, 2.75) is 6.61 Å². The quantitative estimate of drug-likeness (QED) is 0.864. The third-order valence-electron chi connectivity index (χ3n) is 2.18. The highest BCUT2D eigenvalue weighted by Crippen LogP contribution is 2.22. The molecule has 0 aliphatic rings. The zero-order chi connectivity index (χ0) is 11.5. The van der Waals surface area contributed by atoms with Crippen molar-refractivity contribution in [1.29, 1.82) is 0 Å². The normalized spacial score (nSPS) is 10.6. The molecule has 1 aromatic heterocycles. The van der Waals surface area contributed by atoms with E-state index in [1.54, 1.807) is 18.2 Å². The van der Waals surface area contributed by atoms with Gasteiger partial charge in [-0.15, -0.1) is 0 Å². The lowest BCUT2D eigenvalue weighted by molar-refractivity contribution is 0.181. The van der Waals surface area contributed by atoms with E-state index < -0.39 is 0 Å². The van der Waals surface area contributed by atoms with Crippen LogP contribution in [0.3, 0.4) is 0 Å². The molecule has 0 saturated heterocycles. The first kappa shape index (κ1) is 10.6. The topological polar surface area (TPSA) is 61.3 Å². The van der Waals surface area contributed by atoms with E-state index in [4.69, 9.17) is 15.0 Å². The van der Waals surface area contributed by atoms with Crippen molar-refractivity contribution in [2.75, 3.05) is 12.8 Å². The van der Waals surface area contributed by atoms with Crippen molar-refractivity contribution in [3.8, 4) is 11.3 Å².